The Hall–Kier alpha value is -1.20. The number of nitrogens with zero attached hydrogens (tertiary/aromatic N) is 1. The van der Waals surface area contributed by atoms with Gasteiger partial charge in [0.1, 0.15) is 0 Å². The van der Waals surface area contributed by atoms with Crippen LogP contribution < -0.4 is 4.74 Å². The predicted octanol–water partition coefficient (Wildman–Crippen LogP) is 2.69. The molecule has 0 spiro atoms. The first-order valence-electron chi connectivity index (χ1n) is 4.18. The molecule has 0 bridgehead atoms. The molecule has 0 amide bonds. The monoisotopic (exact) mass is 210 g/mol. The zero-order valence-electron chi connectivity index (χ0n) is 8.27. The van der Waals surface area contributed by atoms with Crippen LogP contribution in [0.15, 0.2) is 6.20 Å². The van der Waals surface area contributed by atoms with Gasteiger partial charge in [-0.1, -0.05) is 13.8 Å². The summed E-state index contributed by atoms with van der Waals surface area (Å²) in [7, 11) is 0. The summed E-state index contributed by atoms with van der Waals surface area (Å²) in [6, 6.07) is -0.107. The predicted molar refractivity (Wildman–Crippen MR) is 46.2 cm³/mol. The van der Waals surface area contributed by atoms with Crippen LogP contribution in [0.4, 0.5) is 13.2 Å². The van der Waals surface area contributed by atoms with Crippen molar-refractivity contribution in [2.45, 2.75) is 26.9 Å². The normalized spacial score (nSPS) is 10.4. The molecule has 3 nitrogen and oxygen atoms in total. The van der Waals surface area contributed by atoms with Crippen LogP contribution in [0.3, 0.4) is 0 Å². The highest BCUT2D eigenvalue weighted by Crippen LogP contribution is 2.15. The number of H-pyrrole nitrogens is 1. The first-order valence-corrected chi connectivity index (χ1v) is 4.18. The Labute approximate surface area is 80.3 Å². The van der Waals surface area contributed by atoms with Gasteiger partial charge >= 0.3 is 6.18 Å². The number of aryl methyl sites for hydroxylation is 1. The van der Waals surface area contributed by atoms with Crippen LogP contribution >= 0.6 is 0 Å². The van der Waals surface area contributed by atoms with Gasteiger partial charge in [-0.2, -0.15) is 13.2 Å². The number of alkyl halides is 3. The molecule has 0 unspecified atom stereocenters. The van der Waals surface area contributed by atoms with E-state index in [4.69, 9.17) is 0 Å². The van der Waals surface area contributed by atoms with Gasteiger partial charge in [0.25, 0.3) is 6.01 Å². The Morgan fingerprint density at radius 1 is 1.43 bits per heavy atom. The van der Waals surface area contributed by atoms with Crippen LogP contribution in [0.25, 0.3) is 0 Å². The number of hydrogen-bond donors (Lipinski definition) is 1. The van der Waals surface area contributed by atoms with Gasteiger partial charge in [-0.15, -0.1) is 0 Å². The van der Waals surface area contributed by atoms with Crippen LogP contribution in [-0.2, 0) is 0 Å². The quantitative estimate of drug-likeness (QED) is 0.814. The van der Waals surface area contributed by atoms with E-state index in [0.717, 1.165) is 0 Å². The van der Waals surface area contributed by atoms with Crippen molar-refractivity contribution in [3.8, 4) is 6.01 Å². The minimum absolute atomic E-state index is 0.107. The molecule has 0 aromatic carbocycles. The van der Waals surface area contributed by atoms with Crippen molar-refractivity contribution in [3.63, 3.8) is 0 Å². The van der Waals surface area contributed by atoms with Crippen LogP contribution in [0.5, 0.6) is 6.01 Å². The molecule has 14 heavy (non-hydrogen) atoms. The standard InChI is InChI=1S/C6H7F3N2O.C2H6/c1-4-2-10-5(11-4)12-3-6(7,8)9;1-2/h2H,3H2,1H3,(H,10,11);1-2H3. The Bertz CT molecular complexity index is 257. The molecule has 1 aromatic rings. The number of imidazole rings is 1. The van der Waals surface area contributed by atoms with Gasteiger partial charge in [-0.25, -0.2) is 4.98 Å². The SMILES string of the molecule is CC.Cc1cnc(OCC(F)(F)F)[nH]1. The molecule has 6 heteroatoms. The van der Waals surface area contributed by atoms with Crippen LogP contribution in [0.1, 0.15) is 19.5 Å². The number of hydrogen-bond acceptors (Lipinski definition) is 2. The molecule has 0 radical (unpaired) electrons. The first kappa shape index (κ1) is 12.8. The zero-order chi connectivity index (χ0) is 11.2. The van der Waals surface area contributed by atoms with E-state index in [2.05, 4.69) is 14.7 Å². The van der Waals surface area contributed by atoms with E-state index in [9.17, 15) is 13.2 Å². The number of nitrogens with one attached hydrogen (secondary N) is 1. The van der Waals surface area contributed by atoms with Gasteiger partial charge in [0, 0.05) is 5.69 Å². The highest BCUT2D eigenvalue weighted by molar-refractivity contribution is 5.02. The molecule has 0 aliphatic rings. The van der Waals surface area contributed by atoms with Gasteiger partial charge < -0.3 is 9.72 Å². The molecule has 1 heterocycles. The minimum Gasteiger partial charge on any atom is -0.455 e. The van der Waals surface area contributed by atoms with E-state index < -0.39 is 12.8 Å². The number of aromatic nitrogens is 2. The highest BCUT2D eigenvalue weighted by atomic mass is 19.4. The van der Waals surface area contributed by atoms with Crippen molar-refractivity contribution in [2.75, 3.05) is 6.61 Å². The molecular formula is C8H13F3N2O. The third-order valence-electron chi connectivity index (χ3n) is 1.05. The summed E-state index contributed by atoms with van der Waals surface area (Å²) in [6.45, 7) is 4.35. The molecule has 0 atom stereocenters. The maximum absolute atomic E-state index is 11.6. The van der Waals surface area contributed by atoms with Crippen molar-refractivity contribution in [2.24, 2.45) is 0 Å². The minimum atomic E-state index is -4.32. The van der Waals surface area contributed by atoms with E-state index in [1.54, 1.807) is 6.92 Å². The smallest absolute Gasteiger partial charge is 0.422 e. The Morgan fingerprint density at radius 3 is 2.36 bits per heavy atom. The molecule has 82 valence electrons. The summed E-state index contributed by atoms with van der Waals surface area (Å²) < 4.78 is 39.0. The van der Waals surface area contributed by atoms with Crippen molar-refractivity contribution in [1.82, 2.24) is 9.97 Å². The fraction of sp³-hybridized carbons (Fsp3) is 0.625. The van der Waals surface area contributed by atoms with E-state index in [-0.39, 0.29) is 6.01 Å². The Balaban J connectivity index is 0.000000791. The molecule has 0 fully saturated rings. The van der Waals surface area contributed by atoms with E-state index in [0.29, 0.717) is 5.69 Å². The molecule has 0 aliphatic heterocycles. The number of ether oxygens (including phenoxy) is 1. The molecule has 0 saturated carbocycles. The maximum atomic E-state index is 11.6. The molecule has 0 aliphatic carbocycles. The lowest BCUT2D eigenvalue weighted by molar-refractivity contribution is -0.154. The molecular weight excluding hydrogens is 197 g/mol. The van der Waals surface area contributed by atoms with Crippen molar-refractivity contribution in [3.05, 3.63) is 11.9 Å². The second kappa shape index (κ2) is 5.51. The van der Waals surface area contributed by atoms with Crippen molar-refractivity contribution < 1.29 is 17.9 Å². The van der Waals surface area contributed by atoms with E-state index in [1.807, 2.05) is 13.8 Å². The average molecular weight is 210 g/mol. The topological polar surface area (TPSA) is 37.9 Å². The summed E-state index contributed by atoms with van der Waals surface area (Å²) in [5, 5.41) is 0. The van der Waals surface area contributed by atoms with Gasteiger partial charge in [0.15, 0.2) is 6.61 Å². The molecule has 1 rings (SSSR count). The summed E-state index contributed by atoms with van der Waals surface area (Å²) in [5.74, 6) is 0. The largest absolute Gasteiger partial charge is 0.455 e. The second-order valence-electron chi connectivity index (χ2n) is 2.28. The zero-order valence-corrected chi connectivity index (χ0v) is 8.27. The lowest BCUT2D eigenvalue weighted by Crippen LogP contribution is -2.19. The lowest BCUT2D eigenvalue weighted by Gasteiger charge is -2.05. The van der Waals surface area contributed by atoms with Crippen LogP contribution in [0.2, 0.25) is 0 Å². The van der Waals surface area contributed by atoms with Crippen LogP contribution in [0, 0.1) is 6.92 Å². The van der Waals surface area contributed by atoms with Gasteiger partial charge in [-0.05, 0) is 6.92 Å². The fourth-order valence-corrected chi connectivity index (χ4v) is 0.612. The summed E-state index contributed by atoms with van der Waals surface area (Å²) >= 11 is 0. The van der Waals surface area contributed by atoms with Crippen molar-refractivity contribution in [1.29, 1.82) is 0 Å². The van der Waals surface area contributed by atoms with Crippen molar-refractivity contribution >= 4 is 0 Å². The lowest BCUT2D eigenvalue weighted by atomic mass is 10.6. The van der Waals surface area contributed by atoms with Crippen LogP contribution in [-0.4, -0.2) is 22.8 Å². The molecule has 0 saturated heterocycles. The first-order chi connectivity index (χ1) is 6.47. The number of aromatic amines is 1. The second-order valence-corrected chi connectivity index (χ2v) is 2.28. The van der Waals surface area contributed by atoms with Gasteiger partial charge in [0.05, 0.1) is 6.20 Å². The fourth-order valence-electron chi connectivity index (χ4n) is 0.612. The summed E-state index contributed by atoms with van der Waals surface area (Å²) in [5.41, 5.74) is 0.659. The van der Waals surface area contributed by atoms with E-state index >= 15 is 0 Å². The average Bonchev–Trinajstić information content (AvgIpc) is 2.50. The highest BCUT2D eigenvalue weighted by Gasteiger charge is 2.28. The summed E-state index contributed by atoms with van der Waals surface area (Å²) in [4.78, 5) is 6.06. The Morgan fingerprint density at radius 2 is 2.00 bits per heavy atom. The maximum Gasteiger partial charge on any atom is 0.422 e. The van der Waals surface area contributed by atoms with E-state index in [1.165, 1.54) is 6.20 Å². The molecule has 1 N–H and O–H groups in total. The third kappa shape index (κ3) is 5.45. The number of halogens is 3. The molecule has 1 aromatic heterocycles. The third-order valence-corrected chi connectivity index (χ3v) is 1.05. The summed E-state index contributed by atoms with van der Waals surface area (Å²) in [6.07, 6.45) is -2.92. The Kier molecular flexibility index (Phi) is 5.04. The van der Waals surface area contributed by atoms with Gasteiger partial charge in [-0.3, -0.25) is 0 Å². The van der Waals surface area contributed by atoms with Gasteiger partial charge in [0.2, 0.25) is 0 Å². The number of rotatable bonds is 2.